The van der Waals surface area contributed by atoms with E-state index in [4.69, 9.17) is 11.6 Å². The van der Waals surface area contributed by atoms with Gasteiger partial charge in [-0.2, -0.15) is 13.2 Å². The summed E-state index contributed by atoms with van der Waals surface area (Å²) in [5.74, 6) is -0.727. The second-order valence-electron chi connectivity index (χ2n) is 5.58. The minimum atomic E-state index is -4.67. The van der Waals surface area contributed by atoms with Gasteiger partial charge in [-0.25, -0.2) is 8.42 Å². The average molecular weight is 446 g/mol. The first kappa shape index (κ1) is 20.4. The number of thiophene rings is 1. The van der Waals surface area contributed by atoms with Crippen molar-refractivity contribution in [2.75, 3.05) is 5.32 Å². The van der Waals surface area contributed by atoms with E-state index in [1.807, 2.05) is 0 Å². The molecular weight excluding hydrogens is 435 g/mol. The first-order valence-electron chi connectivity index (χ1n) is 7.67. The molecule has 146 valence electrons. The zero-order valence-corrected chi connectivity index (χ0v) is 16.2. The van der Waals surface area contributed by atoms with Crippen LogP contribution in [-0.4, -0.2) is 14.3 Å². The molecule has 1 aromatic heterocycles. The van der Waals surface area contributed by atoms with Crippen LogP contribution in [0.3, 0.4) is 0 Å². The standard InChI is InChI=1S/C18H11ClF3NO3S2/c19-14-7-6-11(10-13(14)18(20,21)22)23-17(24)15-8-9-16(27-15)28(25,26)12-4-2-1-3-5-12/h1-10H,(H,23,24). The van der Waals surface area contributed by atoms with Crippen molar-refractivity contribution in [2.45, 2.75) is 15.3 Å². The van der Waals surface area contributed by atoms with Crippen LogP contribution < -0.4 is 5.32 Å². The number of anilines is 1. The van der Waals surface area contributed by atoms with Gasteiger partial charge in [0, 0.05) is 5.69 Å². The summed E-state index contributed by atoms with van der Waals surface area (Å²) in [5, 5.41) is 1.83. The number of amides is 1. The van der Waals surface area contributed by atoms with Crippen LogP contribution in [0.1, 0.15) is 15.2 Å². The third-order valence-electron chi connectivity index (χ3n) is 3.65. The van der Waals surface area contributed by atoms with Gasteiger partial charge in [-0.15, -0.1) is 11.3 Å². The quantitative estimate of drug-likeness (QED) is 0.576. The number of nitrogens with one attached hydrogen (secondary N) is 1. The molecule has 1 amide bonds. The molecule has 0 aliphatic carbocycles. The van der Waals surface area contributed by atoms with E-state index in [1.54, 1.807) is 18.2 Å². The topological polar surface area (TPSA) is 63.2 Å². The lowest BCUT2D eigenvalue weighted by Crippen LogP contribution is -2.12. The van der Waals surface area contributed by atoms with E-state index in [1.165, 1.54) is 30.3 Å². The Kier molecular flexibility index (Phi) is 5.51. The van der Waals surface area contributed by atoms with Gasteiger partial charge >= 0.3 is 6.18 Å². The Morgan fingerprint density at radius 2 is 1.68 bits per heavy atom. The minimum Gasteiger partial charge on any atom is -0.321 e. The first-order valence-corrected chi connectivity index (χ1v) is 10.3. The predicted molar refractivity (Wildman–Crippen MR) is 101 cm³/mol. The molecule has 0 saturated heterocycles. The zero-order valence-electron chi connectivity index (χ0n) is 13.8. The molecule has 0 radical (unpaired) electrons. The molecular formula is C18H11ClF3NO3S2. The van der Waals surface area contributed by atoms with Crippen molar-refractivity contribution >= 4 is 44.4 Å². The maximum atomic E-state index is 12.9. The van der Waals surface area contributed by atoms with Gasteiger partial charge < -0.3 is 5.32 Å². The lowest BCUT2D eigenvalue weighted by Gasteiger charge is -2.11. The number of alkyl halides is 3. The van der Waals surface area contributed by atoms with Crippen molar-refractivity contribution in [2.24, 2.45) is 0 Å². The number of carbonyl (C=O) groups excluding carboxylic acids is 1. The van der Waals surface area contributed by atoms with Gasteiger partial charge in [0.15, 0.2) is 0 Å². The highest BCUT2D eigenvalue weighted by molar-refractivity contribution is 7.93. The molecule has 3 rings (SSSR count). The van der Waals surface area contributed by atoms with E-state index in [9.17, 15) is 26.4 Å². The molecule has 1 N–H and O–H groups in total. The van der Waals surface area contributed by atoms with Crippen molar-refractivity contribution in [3.8, 4) is 0 Å². The van der Waals surface area contributed by atoms with Crippen LogP contribution in [0.5, 0.6) is 0 Å². The van der Waals surface area contributed by atoms with Gasteiger partial charge in [-0.3, -0.25) is 4.79 Å². The summed E-state index contributed by atoms with van der Waals surface area (Å²) in [7, 11) is -3.78. The molecule has 0 spiro atoms. The van der Waals surface area contributed by atoms with Gasteiger partial charge in [0.1, 0.15) is 4.21 Å². The fourth-order valence-electron chi connectivity index (χ4n) is 2.32. The second kappa shape index (κ2) is 7.57. The summed E-state index contributed by atoms with van der Waals surface area (Å²) in [6.45, 7) is 0. The molecule has 10 heteroatoms. The second-order valence-corrected chi connectivity index (χ2v) is 9.25. The first-order chi connectivity index (χ1) is 13.1. The van der Waals surface area contributed by atoms with Crippen molar-refractivity contribution in [1.29, 1.82) is 0 Å². The van der Waals surface area contributed by atoms with Crippen molar-refractivity contribution in [3.05, 3.63) is 76.1 Å². The molecule has 2 aromatic carbocycles. The van der Waals surface area contributed by atoms with Gasteiger partial charge in [-0.05, 0) is 42.5 Å². The van der Waals surface area contributed by atoms with Gasteiger partial charge in [0.05, 0.1) is 20.4 Å². The predicted octanol–water partition coefficient (Wildman–Crippen LogP) is 5.51. The van der Waals surface area contributed by atoms with Crippen molar-refractivity contribution < 1.29 is 26.4 Å². The van der Waals surface area contributed by atoms with Gasteiger partial charge in [0.25, 0.3) is 5.91 Å². The van der Waals surface area contributed by atoms with Gasteiger partial charge in [-0.1, -0.05) is 29.8 Å². The summed E-state index contributed by atoms with van der Waals surface area (Å²) >= 11 is 6.28. The maximum Gasteiger partial charge on any atom is 0.417 e. The highest BCUT2D eigenvalue weighted by Crippen LogP contribution is 2.36. The average Bonchev–Trinajstić information content (AvgIpc) is 3.14. The summed E-state index contributed by atoms with van der Waals surface area (Å²) in [4.78, 5) is 12.4. The zero-order chi connectivity index (χ0) is 20.5. The van der Waals surface area contributed by atoms with Crippen molar-refractivity contribution in [1.82, 2.24) is 0 Å². The monoisotopic (exact) mass is 445 g/mol. The van der Waals surface area contributed by atoms with Crippen LogP contribution in [0.2, 0.25) is 5.02 Å². The Balaban J connectivity index is 1.84. The third kappa shape index (κ3) is 4.21. The van der Waals surface area contributed by atoms with Crippen molar-refractivity contribution in [3.63, 3.8) is 0 Å². The highest BCUT2D eigenvalue weighted by Gasteiger charge is 2.33. The molecule has 0 aliphatic rings. The normalized spacial score (nSPS) is 12.0. The van der Waals surface area contributed by atoms with Crippen LogP contribution in [0.15, 0.2) is 69.8 Å². The smallest absolute Gasteiger partial charge is 0.321 e. The van der Waals surface area contributed by atoms with E-state index in [0.717, 1.165) is 23.5 Å². The Bertz CT molecular complexity index is 1130. The Morgan fingerprint density at radius 3 is 2.32 bits per heavy atom. The molecule has 0 aliphatic heterocycles. The summed E-state index contributed by atoms with van der Waals surface area (Å²) in [6, 6.07) is 13.2. The highest BCUT2D eigenvalue weighted by atomic mass is 35.5. The Labute approximate surface area is 167 Å². The summed E-state index contributed by atoms with van der Waals surface area (Å²) < 4.78 is 63.8. The largest absolute Gasteiger partial charge is 0.417 e. The number of rotatable bonds is 4. The summed E-state index contributed by atoms with van der Waals surface area (Å²) in [5.41, 5.74) is -1.19. The van der Waals surface area contributed by atoms with E-state index < -0.39 is 32.5 Å². The van der Waals surface area contributed by atoms with E-state index >= 15 is 0 Å². The number of hydrogen-bond donors (Lipinski definition) is 1. The molecule has 0 atom stereocenters. The SMILES string of the molecule is O=C(Nc1ccc(Cl)c(C(F)(F)F)c1)c1ccc(S(=O)(=O)c2ccccc2)s1. The fourth-order valence-corrected chi connectivity index (χ4v) is 5.16. The lowest BCUT2D eigenvalue weighted by atomic mass is 10.2. The van der Waals surface area contributed by atoms with Crippen LogP contribution in [0, 0.1) is 0 Å². The molecule has 0 fully saturated rings. The van der Waals surface area contributed by atoms with Crippen LogP contribution in [-0.2, 0) is 16.0 Å². The number of halogens is 4. The molecule has 4 nitrogen and oxygen atoms in total. The number of carbonyl (C=O) groups is 1. The lowest BCUT2D eigenvalue weighted by molar-refractivity contribution is -0.137. The van der Waals surface area contributed by atoms with Crippen LogP contribution in [0.25, 0.3) is 0 Å². The third-order valence-corrected chi connectivity index (χ3v) is 7.33. The number of hydrogen-bond acceptors (Lipinski definition) is 4. The molecule has 0 bridgehead atoms. The fraction of sp³-hybridized carbons (Fsp3) is 0.0556. The van der Waals surface area contributed by atoms with E-state index in [-0.39, 0.29) is 19.7 Å². The van der Waals surface area contributed by atoms with E-state index in [2.05, 4.69) is 5.32 Å². The number of sulfone groups is 1. The molecule has 3 aromatic rings. The van der Waals surface area contributed by atoms with E-state index in [0.29, 0.717) is 0 Å². The number of benzene rings is 2. The van der Waals surface area contributed by atoms with Crippen LogP contribution in [0.4, 0.5) is 18.9 Å². The molecule has 0 saturated carbocycles. The summed E-state index contributed by atoms with van der Waals surface area (Å²) in [6.07, 6.45) is -4.67. The van der Waals surface area contributed by atoms with Gasteiger partial charge in [0.2, 0.25) is 9.84 Å². The Morgan fingerprint density at radius 1 is 1.00 bits per heavy atom. The maximum absolute atomic E-state index is 12.9. The molecule has 0 unspecified atom stereocenters. The Hall–Kier alpha value is -2.36. The van der Waals surface area contributed by atoms with Crippen LogP contribution >= 0.6 is 22.9 Å². The molecule has 28 heavy (non-hydrogen) atoms. The minimum absolute atomic E-state index is 0.0398. The molecule has 1 heterocycles.